The topological polar surface area (TPSA) is 19.6 Å². The Morgan fingerprint density at radius 3 is 1.17 bits per heavy atom. The zero-order chi connectivity index (χ0) is 64.3. The number of hydrogen-bond donors (Lipinski definition) is 0. The lowest BCUT2D eigenvalue weighted by Crippen LogP contribution is -2.25. The van der Waals surface area contributed by atoms with E-state index < -0.39 is 5.41 Å². The second kappa shape index (κ2) is 20.7. The van der Waals surface area contributed by atoms with Gasteiger partial charge in [-0.05, 0) is 210 Å². The van der Waals surface area contributed by atoms with Gasteiger partial charge >= 0.3 is 0 Å². The Labute approximate surface area is 561 Å². The van der Waals surface area contributed by atoms with Crippen molar-refractivity contribution in [2.75, 3.05) is 9.80 Å². The third-order valence-corrected chi connectivity index (χ3v) is 22.0. The molecule has 0 N–H and O–H groups in total. The molecule has 15 aromatic rings. The quantitative estimate of drug-likeness (QED) is 0.144. The summed E-state index contributed by atoms with van der Waals surface area (Å²) in [6.07, 6.45) is 0. The smallest absolute Gasteiger partial charge is 0.143 e. The molecule has 96 heavy (non-hydrogen) atoms. The van der Waals surface area contributed by atoms with Gasteiger partial charge in [-0.2, -0.15) is 0 Å². The molecule has 1 aromatic heterocycles. The van der Waals surface area contributed by atoms with Crippen molar-refractivity contribution >= 4 is 56.1 Å². The summed E-state index contributed by atoms with van der Waals surface area (Å²) < 4.78 is 6.61. The maximum absolute atomic E-state index is 6.61. The number of anilines is 6. The summed E-state index contributed by atoms with van der Waals surface area (Å²) in [5.74, 6) is 0. The highest BCUT2D eigenvalue weighted by Crippen LogP contribution is 2.64. The van der Waals surface area contributed by atoms with Crippen LogP contribution in [-0.2, 0) is 16.2 Å². The van der Waals surface area contributed by atoms with Gasteiger partial charge in [0.15, 0.2) is 0 Å². The fraction of sp³-hybridized carbons (Fsp3) is 0.0968. The van der Waals surface area contributed by atoms with Crippen LogP contribution in [0, 0.1) is 13.8 Å². The molecule has 0 saturated carbocycles. The molecule has 0 bridgehead atoms. The molecule has 4 aliphatic rings. The van der Waals surface area contributed by atoms with Gasteiger partial charge in [0.25, 0.3) is 0 Å². The molecule has 1 spiro atoms. The molecule has 0 fully saturated rings. The maximum Gasteiger partial charge on any atom is 0.143 e. The van der Waals surface area contributed by atoms with Crippen molar-refractivity contribution in [3.63, 3.8) is 0 Å². The summed E-state index contributed by atoms with van der Waals surface area (Å²) in [5, 5.41) is 2.25. The molecule has 19 rings (SSSR count). The molecule has 0 unspecified atom stereocenters. The summed E-state index contributed by atoms with van der Waals surface area (Å²) >= 11 is 0. The van der Waals surface area contributed by atoms with Crippen LogP contribution in [0.15, 0.2) is 308 Å². The van der Waals surface area contributed by atoms with Gasteiger partial charge < -0.3 is 14.2 Å². The van der Waals surface area contributed by atoms with Crippen LogP contribution in [0.5, 0.6) is 0 Å². The maximum atomic E-state index is 6.61. The van der Waals surface area contributed by atoms with E-state index in [9.17, 15) is 0 Å². The van der Waals surface area contributed by atoms with E-state index in [4.69, 9.17) is 4.42 Å². The molecule has 1 heterocycles. The van der Waals surface area contributed by atoms with E-state index in [1.54, 1.807) is 0 Å². The summed E-state index contributed by atoms with van der Waals surface area (Å²) in [6.45, 7) is 14.0. The molecule has 0 atom stereocenters. The van der Waals surface area contributed by atoms with E-state index >= 15 is 0 Å². The first-order valence-electron chi connectivity index (χ1n) is 33.8. The molecule has 4 aliphatic carbocycles. The van der Waals surface area contributed by atoms with Crippen molar-refractivity contribution < 1.29 is 4.42 Å². The van der Waals surface area contributed by atoms with Crippen LogP contribution >= 0.6 is 0 Å². The highest BCUT2D eigenvalue weighted by molar-refractivity contribution is 6.10. The van der Waals surface area contributed by atoms with Crippen molar-refractivity contribution in [3.05, 3.63) is 359 Å². The van der Waals surface area contributed by atoms with Crippen molar-refractivity contribution in [2.24, 2.45) is 0 Å². The van der Waals surface area contributed by atoms with E-state index in [0.717, 1.165) is 89.4 Å². The van der Waals surface area contributed by atoms with E-state index in [1.165, 1.54) is 100 Å². The average Bonchev–Trinajstić information content (AvgIpc) is 1.51. The first kappa shape index (κ1) is 56.1. The summed E-state index contributed by atoms with van der Waals surface area (Å²) in [6, 6.07) is 114. The largest absolute Gasteiger partial charge is 0.455 e. The van der Waals surface area contributed by atoms with Crippen molar-refractivity contribution in [1.29, 1.82) is 0 Å². The van der Waals surface area contributed by atoms with Gasteiger partial charge in [0.1, 0.15) is 11.2 Å². The van der Waals surface area contributed by atoms with Gasteiger partial charge in [-0.15, -0.1) is 0 Å². The van der Waals surface area contributed by atoms with Gasteiger partial charge in [0.05, 0.1) is 5.41 Å². The number of rotatable bonds is 9. The average molecular weight is 1230 g/mol. The van der Waals surface area contributed by atoms with Crippen LogP contribution in [0.25, 0.3) is 99.8 Å². The Bertz CT molecular complexity index is 5590. The summed E-state index contributed by atoms with van der Waals surface area (Å²) in [5.41, 5.74) is 38.1. The Morgan fingerprint density at radius 1 is 0.240 bits per heavy atom. The number of aryl methyl sites for hydroxylation is 2. The number of para-hydroxylation sites is 2. The molecule has 3 nitrogen and oxygen atoms in total. The molecule has 0 saturated heterocycles. The van der Waals surface area contributed by atoms with Crippen LogP contribution in [0.2, 0.25) is 0 Å². The predicted molar refractivity (Wildman–Crippen MR) is 400 cm³/mol. The van der Waals surface area contributed by atoms with Gasteiger partial charge in [0.2, 0.25) is 0 Å². The number of benzene rings is 14. The van der Waals surface area contributed by atoms with Gasteiger partial charge in [-0.3, -0.25) is 0 Å². The number of furan rings is 1. The Kier molecular flexibility index (Phi) is 12.1. The fourth-order valence-electron chi connectivity index (χ4n) is 17.4. The van der Waals surface area contributed by atoms with E-state index in [1.807, 2.05) is 6.07 Å². The van der Waals surface area contributed by atoms with E-state index in [-0.39, 0.29) is 10.8 Å². The lowest BCUT2D eigenvalue weighted by atomic mass is 9.70. The second-order valence-electron chi connectivity index (χ2n) is 28.1. The van der Waals surface area contributed by atoms with E-state index in [0.29, 0.717) is 0 Å². The Hall–Kier alpha value is -11.5. The monoisotopic (exact) mass is 1230 g/mol. The van der Waals surface area contributed by atoms with Crippen molar-refractivity contribution in [1.82, 2.24) is 0 Å². The first-order valence-corrected chi connectivity index (χ1v) is 33.8. The van der Waals surface area contributed by atoms with Crippen LogP contribution in [0.1, 0.15) is 83.3 Å². The van der Waals surface area contributed by atoms with Crippen LogP contribution in [0.4, 0.5) is 34.1 Å². The van der Waals surface area contributed by atoms with Crippen LogP contribution in [-0.4, -0.2) is 0 Å². The minimum absolute atomic E-state index is 0.183. The highest BCUT2D eigenvalue weighted by atomic mass is 16.3. The van der Waals surface area contributed by atoms with E-state index in [2.05, 4.69) is 349 Å². The fourth-order valence-corrected chi connectivity index (χ4v) is 17.4. The van der Waals surface area contributed by atoms with Crippen LogP contribution in [0.3, 0.4) is 0 Å². The zero-order valence-electron chi connectivity index (χ0n) is 54.7. The highest BCUT2D eigenvalue weighted by Gasteiger charge is 2.52. The molecule has 3 heteroatoms. The van der Waals surface area contributed by atoms with Crippen LogP contribution < -0.4 is 9.80 Å². The summed E-state index contributed by atoms with van der Waals surface area (Å²) in [7, 11) is 0. The number of nitrogens with zero attached hydrogens (tertiary/aromatic N) is 2. The van der Waals surface area contributed by atoms with Gasteiger partial charge in [-0.25, -0.2) is 0 Å². The molecule has 456 valence electrons. The second-order valence-corrected chi connectivity index (χ2v) is 28.1. The third kappa shape index (κ3) is 8.07. The predicted octanol–water partition coefficient (Wildman–Crippen LogP) is 25.1. The molecule has 0 radical (unpaired) electrons. The number of hydrogen-bond acceptors (Lipinski definition) is 3. The van der Waals surface area contributed by atoms with Crippen molar-refractivity contribution in [3.8, 4) is 77.9 Å². The van der Waals surface area contributed by atoms with Crippen molar-refractivity contribution in [2.45, 2.75) is 57.8 Å². The lowest BCUT2D eigenvalue weighted by molar-refractivity contribution is 0.659. The molecular weight excluding hydrogens is 1160 g/mol. The van der Waals surface area contributed by atoms with Gasteiger partial charge in [0, 0.05) is 61.3 Å². The lowest BCUT2D eigenvalue weighted by Gasteiger charge is -2.31. The molecular formula is C93H68N2O. The number of fused-ring (bicyclic) bond motifs is 19. The Balaban J connectivity index is 0.758. The standard InChI is InChI=1S/C93H68N2O/c1-57-31-45-73-75-48-42-66(55-87(75)91(3,4)85(73)51-57)95(67-43-49-76-74-46-32-58(2)52-86(74)92(5,6)88(76)56-67)64-41-47-68(79(53-64)59-19-8-7-9-20-59)60-33-37-62(38-34-60)94(63-39-35-61(36-40-63)69-25-18-26-78-77-24-13-17-30-89(77)96-90(69)78)65-44-50-84-80(54-65)72-23-12-16-29-83(72)93(84)81-27-14-10-21-70(81)71-22-11-15-28-82(71)93/h7-56H,1-6H3. The molecule has 14 aromatic carbocycles. The summed E-state index contributed by atoms with van der Waals surface area (Å²) in [4.78, 5) is 4.95. The normalized spacial score (nSPS) is 14.2. The SMILES string of the molecule is Cc1ccc2c(c1)C(C)(C)c1cc(N(c3ccc(-c4ccc(N(c5ccc(-c6cccc7c6oc6ccccc67)cc5)c5ccc6c(c5)-c5ccccc5C65c6ccccc6-c6ccccc65)cc4)c(-c4ccccc4)c3)c3ccc4c(c3)C(C)(C)c3cc(C)ccc3-4)ccc1-2. The third-order valence-electron chi connectivity index (χ3n) is 22.0. The zero-order valence-corrected chi connectivity index (χ0v) is 54.7. The minimum Gasteiger partial charge on any atom is -0.455 e. The van der Waals surface area contributed by atoms with Gasteiger partial charge in [-0.1, -0.05) is 263 Å². The minimum atomic E-state index is -0.444. The molecule has 0 amide bonds. The first-order chi connectivity index (χ1) is 46.9. The molecule has 0 aliphatic heterocycles. The Morgan fingerprint density at radius 2 is 0.604 bits per heavy atom.